The maximum Gasteiger partial charge on any atom is 0.161 e. The van der Waals surface area contributed by atoms with Crippen molar-refractivity contribution < 1.29 is 8.83 Å². The quantitative estimate of drug-likeness (QED) is 0.175. The van der Waals surface area contributed by atoms with E-state index in [1.807, 2.05) is 85.7 Å². The number of hydrogen-bond acceptors (Lipinski definition) is 8. The average molecular weight is 747 g/mol. The first-order chi connectivity index (χ1) is 28.8. The zero-order valence-corrected chi connectivity index (χ0v) is 30.4. The lowest BCUT2D eigenvalue weighted by molar-refractivity contribution is 0.668. The minimum absolute atomic E-state index is 0.738. The zero-order chi connectivity index (χ0) is 37.9. The molecule has 0 aliphatic rings. The van der Waals surface area contributed by atoms with Gasteiger partial charge in [-0.3, -0.25) is 29.9 Å². The van der Waals surface area contributed by atoms with Crippen LogP contribution < -0.4 is 0 Å². The molecule has 0 fully saturated rings. The molecule has 0 N–H and O–H groups in total. The van der Waals surface area contributed by atoms with Gasteiger partial charge in [0.1, 0.15) is 44.3 Å². The van der Waals surface area contributed by atoms with Crippen molar-refractivity contribution in [1.29, 1.82) is 0 Å². The lowest BCUT2D eigenvalue weighted by Gasteiger charge is -2.07. The fraction of sp³-hybridized carbons (Fsp3) is 0. The number of hydrogen-bond donors (Lipinski definition) is 0. The molecule has 0 aliphatic carbocycles. The van der Waals surface area contributed by atoms with Crippen LogP contribution in [-0.2, 0) is 0 Å². The molecule has 10 heteroatoms. The van der Waals surface area contributed by atoms with Crippen LogP contribution in [0.2, 0.25) is 0 Å². The van der Waals surface area contributed by atoms with E-state index in [0.29, 0.717) is 0 Å². The topological polar surface area (TPSA) is 113 Å². The summed E-state index contributed by atoms with van der Waals surface area (Å²) in [5.41, 5.74) is 18.0. The van der Waals surface area contributed by atoms with Gasteiger partial charge in [-0.2, -0.15) is 0 Å². The molecule has 0 spiro atoms. The van der Waals surface area contributed by atoms with E-state index >= 15 is 0 Å². The number of rotatable bonds is 4. The van der Waals surface area contributed by atoms with Gasteiger partial charge in [0.2, 0.25) is 0 Å². The molecule has 3 aromatic carbocycles. The van der Waals surface area contributed by atoms with Crippen LogP contribution >= 0.6 is 0 Å². The lowest BCUT2D eigenvalue weighted by Crippen LogP contribution is -1.93. The van der Waals surface area contributed by atoms with E-state index in [1.54, 1.807) is 0 Å². The highest BCUT2D eigenvalue weighted by molar-refractivity contribution is 6.11. The molecule has 58 heavy (non-hydrogen) atoms. The maximum atomic E-state index is 6.55. The van der Waals surface area contributed by atoms with Gasteiger partial charge in [-0.15, -0.1) is 0 Å². The highest BCUT2D eigenvalue weighted by Crippen LogP contribution is 2.40. The van der Waals surface area contributed by atoms with Crippen molar-refractivity contribution in [2.45, 2.75) is 0 Å². The predicted octanol–water partition coefficient (Wildman–Crippen LogP) is 11.4. The third-order valence-electron chi connectivity index (χ3n) is 11.3. The number of benzene rings is 3. The highest BCUT2D eigenvalue weighted by atomic mass is 16.3. The summed E-state index contributed by atoms with van der Waals surface area (Å²) in [4.78, 5) is 28.3. The van der Waals surface area contributed by atoms with Crippen molar-refractivity contribution in [2.24, 2.45) is 0 Å². The van der Waals surface area contributed by atoms with Gasteiger partial charge in [-0.1, -0.05) is 24.3 Å². The van der Waals surface area contributed by atoms with E-state index in [4.69, 9.17) is 18.8 Å². The van der Waals surface area contributed by atoms with Crippen LogP contribution in [0.5, 0.6) is 0 Å². The van der Waals surface area contributed by atoms with Gasteiger partial charge in [0.25, 0.3) is 0 Å². The Bertz CT molecular complexity index is 3460. The van der Waals surface area contributed by atoms with E-state index in [0.717, 1.165) is 122 Å². The Morgan fingerprint density at radius 3 is 1.09 bits per heavy atom. The summed E-state index contributed by atoms with van der Waals surface area (Å²) in [6, 6.07) is 41.1. The van der Waals surface area contributed by atoms with Crippen LogP contribution in [0, 0.1) is 0 Å². The van der Waals surface area contributed by atoms with E-state index in [1.165, 1.54) is 0 Å². The number of pyridine rings is 6. The first-order valence-electron chi connectivity index (χ1n) is 18.9. The number of fused-ring (bicyclic) bond motifs is 12. The minimum atomic E-state index is 0.738. The number of furan rings is 2. The summed E-state index contributed by atoms with van der Waals surface area (Å²) < 4.78 is 17.5. The molecule has 0 unspecified atom stereocenters. The van der Waals surface area contributed by atoms with E-state index in [2.05, 4.69) is 102 Å². The minimum Gasteiger partial charge on any atom is -0.454 e. The maximum absolute atomic E-state index is 6.55. The Balaban J connectivity index is 0.893. The normalized spacial score (nSPS) is 12.1. The Morgan fingerprint density at radius 1 is 0.345 bits per heavy atom. The van der Waals surface area contributed by atoms with Gasteiger partial charge in [0, 0.05) is 70.5 Å². The number of aromatic nitrogens is 8. The molecule has 0 saturated carbocycles. The lowest BCUT2D eigenvalue weighted by atomic mass is 10.00. The molecule has 10 heterocycles. The second-order valence-corrected chi connectivity index (χ2v) is 14.4. The monoisotopic (exact) mass is 746 g/mol. The van der Waals surface area contributed by atoms with Crippen LogP contribution in [0.4, 0.5) is 0 Å². The summed E-state index contributed by atoms with van der Waals surface area (Å²) in [5.74, 6) is 0. The molecule has 10 nitrogen and oxygen atoms in total. The first-order valence-corrected chi connectivity index (χ1v) is 18.9. The van der Waals surface area contributed by atoms with E-state index in [9.17, 15) is 0 Å². The summed E-state index contributed by atoms with van der Waals surface area (Å²) in [6.45, 7) is 0. The second kappa shape index (κ2) is 11.6. The Morgan fingerprint density at radius 2 is 0.707 bits per heavy atom. The van der Waals surface area contributed by atoms with E-state index in [-0.39, 0.29) is 0 Å². The molecule has 0 saturated heterocycles. The van der Waals surface area contributed by atoms with Crippen LogP contribution in [0.3, 0.4) is 0 Å². The van der Waals surface area contributed by atoms with Crippen LogP contribution in [0.25, 0.3) is 122 Å². The predicted molar refractivity (Wildman–Crippen MR) is 227 cm³/mol. The van der Waals surface area contributed by atoms with Gasteiger partial charge in [0.05, 0.1) is 22.1 Å². The second-order valence-electron chi connectivity index (χ2n) is 14.4. The third kappa shape index (κ3) is 4.30. The van der Waals surface area contributed by atoms with Gasteiger partial charge in [-0.25, -0.2) is 0 Å². The van der Waals surface area contributed by atoms with Crippen molar-refractivity contribution in [3.05, 3.63) is 159 Å². The molecule has 270 valence electrons. The molecule has 10 aromatic heterocycles. The van der Waals surface area contributed by atoms with Gasteiger partial charge in [0.15, 0.2) is 11.2 Å². The van der Waals surface area contributed by atoms with Gasteiger partial charge < -0.3 is 18.0 Å². The molecule has 13 rings (SSSR count). The van der Waals surface area contributed by atoms with Crippen molar-refractivity contribution in [1.82, 2.24) is 39.0 Å². The molecular formula is C48H26N8O2. The standard InChI is InChI=1S/C48H26N8O2/c1-5-35-43(49-19-1)44-36(6-2-20-50-44)55(35)29-13-15-39-33(25-29)41-47(57-39)31(17-23-53-41)27-9-11-28(12-10-27)32-18-24-54-42-34-26-30(14-16-40(34)58-48(32)42)56-37-7-3-21-51-45(37)46-38(56)8-4-22-52-46/h1-26H. The molecule has 0 atom stereocenters. The first kappa shape index (κ1) is 31.0. The molecular weight excluding hydrogens is 721 g/mol. The highest BCUT2D eigenvalue weighted by Gasteiger charge is 2.20. The molecule has 13 aromatic rings. The molecule has 0 radical (unpaired) electrons. The van der Waals surface area contributed by atoms with E-state index < -0.39 is 0 Å². The third-order valence-corrected chi connectivity index (χ3v) is 11.3. The fourth-order valence-electron chi connectivity index (χ4n) is 8.71. The van der Waals surface area contributed by atoms with Crippen molar-refractivity contribution in [3.63, 3.8) is 0 Å². The Kier molecular flexibility index (Phi) is 6.22. The molecule has 0 aliphatic heterocycles. The number of nitrogens with zero attached hydrogens (tertiary/aromatic N) is 8. The Labute approximate surface area is 327 Å². The summed E-state index contributed by atoms with van der Waals surface area (Å²) >= 11 is 0. The summed E-state index contributed by atoms with van der Waals surface area (Å²) in [5, 5.41) is 1.87. The van der Waals surface area contributed by atoms with Crippen LogP contribution in [-0.4, -0.2) is 39.0 Å². The summed E-state index contributed by atoms with van der Waals surface area (Å²) in [7, 11) is 0. The smallest absolute Gasteiger partial charge is 0.161 e. The molecule has 0 bridgehead atoms. The SMILES string of the molecule is c1cnc2c3ncccc3n(-c3ccc4oc5c(-c6ccc(-c7ccnc8c7oc7ccc(-n9c%10cccnc%10c%10ncccc%109)cc78)cc6)ccnc5c4c3)c2c1. The molecule has 0 amide bonds. The Hall–Kier alpha value is -8.24. The van der Waals surface area contributed by atoms with Crippen molar-refractivity contribution >= 4 is 88.3 Å². The van der Waals surface area contributed by atoms with Crippen molar-refractivity contribution in [2.75, 3.05) is 0 Å². The van der Waals surface area contributed by atoms with Crippen LogP contribution in [0.1, 0.15) is 0 Å². The zero-order valence-electron chi connectivity index (χ0n) is 30.4. The van der Waals surface area contributed by atoms with Gasteiger partial charge >= 0.3 is 0 Å². The average Bonchev–Trinajstić information content (AvgIpc) is 4.04. The van der Waals surface area contributed by atoms with Crippen LogP contribution in [0.15, 0.2) is 167 Å². The largest absolute Gasteiger partial charge is 0.454 e. The van der Waals surface area contributed by atoms with Gasteiger partial charge in [-0.05, 0) is 108 Å². The fourth-order valence-corrected chi connectivity index (χ4v) is 8.71. The van der Waals surface area contributed by atoms with Crippen molar-refractivity contribution in [3.8, 4) is 33.6 Å². The summed E-state index contributed by atoms with van der Waals surface area (Å²) in [6.07, 6.45) is 10.9.